The lowest BCUT2D eigenvalue weighted by atomic mass is 10.3. The van der Waals surface area contributed by atoms with Gasteiger partial charge in [0, 0.05) is 18.1 Å². The van der Waals surface area contributed by atoms with Crippen LogP contribution < -0.4 is 10.2 Å². The average molecular weight is 349 g/mol. The molecule has 1 aromatic carbocycles. The van der Waals surface area contributed by atoms with Crippen molar-refractivity contribution in [1.29, 1.82) is 0 Å². The van der Waals surface area contributed by atoms with E-state index in [4.69, 9.17) is 11.6 Å². The number of benzene rings is 1. The molecule has 0 spiro atoms. The molecular formula is C16H17ClN4OS. The van der Waals surface area contributed by atoms with Gasteiger partial charge in [-0.3, -0.25) is 10.2 Å². The van der Waals surface area contributed by atoms with Crippen LogP contribution in [-0.2, 0) is 0 Å². The number of nitrogens with one attached hydrogen (secondary N) is 1. The van der Waals surface area contributed by atoms with Gasteiger partial charge in [0.25, 0.3) is 0 Å². The molecule has 2 aromatic rings. The molecule has 120 valence electrons. The van der Waals surface area contributed by atoms with Crippen LogP contribution in [0.5, 0.6) is 0 Å². The van der Waals surface area contributed by atoms with Crippen molar-refractivity contribution in [2.45, 2.75) is 6.17 Å². The second kappa shape index (κ2) is 6.70. The van der Waals surface area contributed by atoms with Crippen molar-refractivity contribution in [3.05, 3.63) is 48.5 Å². The fourth-order valence-electron chi connectivity index (χ4n) is 2.54. The van der Waals surface area contributed by atoms with Gasteiger partial charge in [-0.25, -0.2) is 9.78 Å². The van der Waals surface area contributed by atoms with Crippen molar-refractivity contribution in [3.63, 3.8) is 0 Å². The number of nitrogens with zero attached hydrogens (tertiary/aromatic N) is 3. The Kier molecular flexibility index (Phi) is 4.66. The van der Waals surface area contributed by atoms with Crippen LogP contribution in [-0.4, -0.2) is 41.7 Å². The van der Waals surface area contributed by atoms with Crippen LogP contribution in [0.25, 0.3) is 10.2 Å². The van der Waals surface area contributed by atoms with Crippen LogP contribution in [0.3, 0.4) is 0 Å². The summed E-state index contributed by atoms with van der Waals surface area (Å²) in [5.41, 5.74) is 0.840. The zero-order valence-corrected chi connectivity index (χ0v) is 14.1. The largest absolute Gasteiger partial charge is 0.328 e. The highest BCUT2D eigenvalue weighted by molar-refractivity contribution is 7.22. The first-order valence-electron chi connectivity index (χ1n) is 7.23. The van der Waals surface area contributed by atoms with E-state index in [1.54, 1.807) is 28.0 Å². The molecule has 0 aliphatic carbocycles. The number of carbonyl (C=O) groups is 1. The second-order valence-electron chi connectivity index (χ2n) is 5.17. The summed E-state index contributed by atoms with van der Waals surface area (Å²) in [6, 6.07) is 5.46. The molecule has 0 radical (unpaired) electrons. The van der Waals surface area contributed by atoms with E-state index in [0.29, 0.717) is 29.8 Å². The Balaban J connectivity index is 1.95. The zero-order valence-electron chi connectivity index (χ0n) is 12.5. The number of carbonyl (C=O) groups excluding carboxylic acids is 1. The summed E-state index contributed by atoms with van der Waals surface area (Å²) >= 11 is 7.49. The van der Waals surface area contributed by atoms with Crippen LogP contribution in [0.4, 0.5) is 9.93 Å². The number of fused-ring (bicyclic) bond motifs is 1. The van der Waals surface area contributed by atoms with Gasteiger partial charge in [-0.2, -0.15) is 0 Å². The topological polar surface area (TPSA) is 48.5 Å². The molecule has 1 atom stereocenters. The third-order valence-electron chi connectivity index (χ3n) is 3.57. The first-order valence-corrected chi connectivity index (χ1v) is 8.43. The maximum atomic E-state index is 12.7. The van der Waals surface area contributed by atoms with Crippen LogP contribution in [0.1, 0.15) is 0 Å². The van der Waals surface area contributed by atoms with Gasteiger partial charge in [0.1, 0.15) is 6.17 Å². The third-order valence-corrected chi connectivity index (χ3v) is 4.83. The minimum atomic E-state index is -0.142. The lowest BCUT2D eigenvalue weighted by molar-refractivity contribution is 0.225. The Morgan fingerprint density at radius 3 is 3.00 bits per heavy atom. The van der Waals surface area contributed by atoms with Gasteiger partial charge >= 0.3 is 6.03 Å². The number of hydrogen-bond donors (Lipinski definition) is 1. The monoisotopic (exact) mass is 348 g/mol. The summed E-state index contributed by atoms with van der Waals surface area (Å²) < 4.78 is 0.963. The van der Waals surface area contributed by atoms with Crippen molar-refractivity contribution in [3.8, 4) is 0 Å². The number of anilines is 1. The van der Waals surface area contributed by atoms with Gasteiger partial charge in [0.15, 0.2) is 5.13 Å². The van der Waals surface area contributed by atoms with E-state index < -0.39 is 0 Å². The van der Waals surface area contributed by atoms with Crippen molar-refractivity contribution in [1.82, 2.24) is 15.2 Å². The molecule has 1 aromatic heterocycles. The molecular weight excluding hydrogens is 332 g/mol. The summed E-state index contributed by atoms with van der Waals surface area (Å²) in [7, 11) is 0. The van der Waals surface area contributed by atoms with Gasteiger partial charge in [-0.1, -0.05) is 35.1 Å². The highest BCUT2D eigenvalue weighted by Gasteiger charge is 2.38. The van der Waals surface area contributed by atoms with Crippen LogP contribution >= 0.6 is 22.9 Å². The third kappa shape index (κ3) is 3.10. The molecule has 0 bridgehead atoms. The van der Waals surface area contributed by atoms with Crippen molar-refractivity contribution >= 4 is 44.3 Å². The van der Waals surface area contributed by atoms with Crippen molar-refractivity contribution < 1.29 is 4.79 Å². The van der Waals surface area contributed by atoms with E-state index in [2.05, 4.69) is 23.5 Å². The summed E-state index contributed by atoms with van der Waals surface area (Å²) in [6.45, 7) is 9.14. The summed E-state index contributed by atoms with van der Waals surface area (Å²) in [5.74, 6) is 0. The highest BCUT2D eigenvalue weighted by Crippen LogP contribution is 2.33. The Hall–Kier alpha value is -1.89. The van der Waals surface area contributed by atoms with Gasteiger partial charge in [-0.05, 0) is 18.2 Å². The quantitative estimate of drug-likeness (QED) is 0.813. The van der Waals surface area contributed by atoms with Crippen molar-refractivity contribution in [2.75, 3.05) is 24.5 Å². The number of hydrogen-bond acceptors (Lipinski definition) is 4. The average Bonchev–Trinajstić information content (AvgIpc) is 3.06. The zero-order chi connectivity index (χ0) is 16.4. The molecule has 1 aliphatic heterocycles. The van der Waals surface area contributed by atoms with E-state index in [9.17, 15) is 4.79 Å². The number of urea groups is 1. The van der Waals surface area contributed by atoms with E-state index >= 15 is 0 Å². The Bertz CT molecular complexity index is 760. The lowest BCUT2D eigenvalue weighted by Crippen LogP contribution is -2.44. The molecule has 5 nitrogen and oxygen atoms in total. The maximum absolute atomic E-state index is 12.7. The van der Waals surface area contributed by atoms with Crippen LogP contribution in [0, 0.1) is 0 Å². The number of amides is 2. The molecule has 1 aliphatic rings. The normalized spacial score (nSPS) is 18.0. The van der Waals surface area contributed by atoms with E-state index in [0.717, 1.165) is 10.2 Å². The first-order chi connectivity index (χ1) is 11.1. The summed E-state index contributed by atoms with van der Waals surface area (Å²) in [5, 5.41) is 4.64. The molecule has 0 saturated carbocycles. The molecule has 1 fully saturated rings. The van der Waals surface area contributed by atoms with Crippen LogP contribution in [0.15, 0.2) is 43.5 Å². The molecule has 1 N–H and O–H groups in total. The smallest absolute Gasteiger partial charge is 0.317 e. The second-order valence-corrected chi connectivity index (χ2v) is 6.61. The Morgan fingerprint density at radius 2 is 2.26 bits per heavy atom. The minimum Gasteiger partial charge on any atom is -0.317 e. The van der Waals surface area contributed by atoms with E-state index in [1.807, 2.05) is 12.1 Å². The maximum Gasteiger partial charge on any atom is 0.328 e. The predicted molar refractivity (Wildman–Crippen MR) is 96.3 cm³/mol. The van der Waals surface area contributed by atoms with Crippen LogP contribution in [0.2, 0.25) is 5.02 Å². The number of aromatic nitrogens is 1. The summed E-state index contributed by atoms with van der Waals surface area (Å²) in [6.07, 6.45) is 3.36. The van der Waals surface area contributed by atoms with Crippen molar-refractivity contribution in [2.24, 2.45) is 0 Å². The minimum absolute atomic E-state index is 0.0726. The Morgan fingerprint density at radius 1 is 1.43 bits per heavy atom. The highest BCUT2D eigenvalue weighted by atomic mass is 35.5. The molecule has 1 unspecified atom stereocenters. The molecule has 2 heterocycles. The first kappa shape index (κ1) is 16.0. The fourth-order valence-corrected chi connectivity index (χ4v) is 3.83. The van der Waals surface area contributed by atoms with Gasteiger partial charge in [-0.15, -0.1) is 13.2 Å². The number of rotatable bonds is 6. The predicted octanol–water partition coefficient (Wildman–Crippen LogP) is 3.48. The lowest BCUT2D eigenvalue weighted by Gasteiger charge is -2.20. The van der Waals surface area contributed by atoms with E-state index in [-0.39, 0.29) is 12.2 Å². The van der Waals surface area contributed by atoms with Gasteiger partial charge in [0.2, 0.25) is 0 Å². The van der Waals surface area contributed by atoms with Gasteiger partial charge < -0.3 is 4.90 Å². The summed E-state index contributed by atoms with van der Waals surface area (Å²) in [4.78, 5) is 20.7. The molecule has 7 heteroatoms. The molecule has 1 saturated heterocycles. The van der Waals surface area contributed by atoms with E-state index in [1.165, 1.54) is 11.3 Å². The molecule has 2 amide bonds. The standard InChI is InChI=1S/C16H17ClN4OS/c1-3-7-18-14-10-20(8-4-2)16(22)21(14)15-19-12-6-5-11(17)9-13(12)23-15/h3-6,9,14,18H,1-2,7-8,10H2. The Labute approximate surface area is 143 Å². The van der Waals surface area contributed by atoms with Gasteiger partial charge in [0.05, 0.1) is 16.8 Å². The molecule has 23 heavy (non-hydrogen) atoms. The fraction of sp³-hybridized carbons (Fsp3) is 0.250. The SMILES string of the molecule is C=CCNC1CN(CC=C)C(=O)N1c1nc2ccc(Cl)cc2s1. The molecule has 3 rings (SSSR count). The number of halogens is 1. The number of thiazole rings is 1.